The summed E-state index contributed by atoms with van der Waals surface area (Å²) in [4.78, 5) is 10.1. The van der Waals surface area contributed by atoms with Crippen LogP contribution >= 0.6 is 0 Å². The predicted octanol–water partition coefficient (Wildman–Crippen LogP) is 12.1. The van der Waals surface area contributed by atoms with E-state index in [1.54, 1.807) is 0 Å². The van der Waals surface area contributed by atoms with Crippen molar-refractivity contribution in [1.29, 1.82) is 0 Å². The SMILES string of the molecule is [2H]C([2H])([2H])c1nc2c3cccc(-c4nc5ccccc5n4-c4c(C(C)C)cc(-c5ccccc5)cc4C(C)C)c3oc2c2oc3ccccc3c12. The Labute approximate surface area is 282 Å². The number of furan rings is 2. The van der Waals surface area contributed by atoms with Gasteiger partial charge in [-0.15, -0.1) is 0 Å². The van der Waals surface area contributed by atoms with E-state index in [9.17, 15) is 0 Å². The predicted molar refractivity (Wildman–Crippen MR) is 197 cm³/mol. The Morgan fingerprint density at radius 1 is 0.646 bits per heavy atom. The molecule has 0 atom stereocenters. The number of aromatic nitrogens is 3. The molecule has 0 aliphatic rings. The molecule has 9 rings (SSSR count). The fraction of sp³-hybridized carbons (Fsp3) is 0.163. The van der Waals surface area contributed by atoms with Crippen molar-refractivity contribution in [2.45, 2.75) is 46.4 Å². The van der Waals surface area contributed by atoms with Gasteiger partial charge in [-0.2, -0.15) is 0 Å². The number of para-hydroxylation sites is 4. The summed E-state index contributed by atoms with van der Waals surface area (Å²) in [5, 5.41) is 1.84. The van der Waals surface area contributed by atoms with Gasteiger partial charge in [-0.25, -0.2) is 9.97 Å². The average Bonchev–Trinajstić information content (AvgIpc) is 3.82. The zero-order chi connectivity index (χ0) is 35.2. The molecule has 0 N–H and O–H groups in total. The summed E-state index contributed by atoms with van der Waals surface area (Å²) in [5.41, 5.74) is 10.9. The van der Waals surface area contributed by atoms with Crippen LogP contribution in [0.15, 0.2) is 118 Å². The number of imidazole rings is 1. The molecule has 0 spiro atoms. The Bertz CT molecular complexity index is 2780. The van der Waals surface area contributed by atoms with Crippen molar-refractivity contribution < 1.29 is 12.9 Å². The highest BCUT2D eigenvalue weighted by molar-refractivity contribution is 6.19. The highest BCUT2D eigenvalue weighted by Crippen LogP contribution is 2.44. The molecular formula is C43H35N3O2. The number of fused-ring (bicyclic) bond motifs is 8. The van der Waals surface area contributed by atoms with Crippen molar-refractivity contribution in [3.8, 4) is 28.2 Å². The fourth-order valence-electron chi connectivity index (χ4n) is 7.20. The Hall–Kier alpha value is -5.68. The summed E-state index contributed by atoms with van der Waals surface area (Å²) in [6.45, 7) is 6.49. The maximum Gasteiger partial charge on any atom is 0.197 e. The number of benzene rings is 5. The summed E-state index contributed by atoms with van der Waals surface area (Å²) in [7, 11) is 0. The van der Waals surface area contributed by atoms with Crippen molar-refractivity contribution in [1.82, 2.24) is 14.5 Å². The molecule has 4 aromatic heterocycles. The quantitative estimate of drug-likeness (QED) is 0.190. The van der Waals surface area contributed by atoms with Crippen LogP contribution in [-0.2, 0) is 0 Å². The van der Waals surface area contributed by atoms with Gasteiger partial charge in [0.05, 0.1) is 33.4 Å². The lowest BCUT2D eigenvalue weighted by molar-refractivity contribution is 0.632. The van der Waals surface area contributed by atoms with Gasteiger partial charge in [-0.1, -0.05) is 94.4 Å². The topological polar surface area (TPSA) is 57.0 Å². The van der Waals surface area contributed by atoms with Gasteiger partial charge < -0.3 is 8.83 Å². The third kappa shape index (κ3) is 4.17. The molecule has 5 aromatic carbocycles. The molecule has 5 nitrogen and oxygen atoms in total. The highest BCUT2D eigenvalue weighted by Gasteiger charge is 2.27. The van der Waals surface area contributed by atoms with Gasteiger partial charge in [-0.3, -0.25) is 4.57 Å². The summed E-state index contributed by atoms with van der Waals surface area (Å²) < 4.78 is 40.7. The number of pyridine rings is 1. The largest absolute Gasteiger partial charge is 0.452 e. The van der Waals surface area contributed by atoms with E-state index in [-0.39, 0.29) is 17.5 Å². The molecule has 0 bridgehead atoms. The lowest BCUT2D eigenvalue weighted by Gasteiger charge is -2.24. The molecule has 0 aliphatic carbocycles. The van der Waals surface area contributed by atoms with Gasteiger partial charge in [0.15, 0.2) is 11.2 Å². The van der Waals surface area contributed by atoms with E-state index < -0.39 is 6.85 Å². The molecule has 0 saturated carbocycles. The van der Waals surface area contributed by atoms with Crippen molar-refractivity contribution in [2.24, 2.45) is 0 Å². The Kier molecular flexibility index (Phi) is 5.65. The monoisotopic (exact) mass is 628 g/mol. The van der Waals surface area contributed by atoms with Crippen LogP contribution in [0.25, 0.3) is 83.2 Å². The molecule has 0 saturated heterocycles. The van der Waals surface area contributed by atoms with E-state index in [1.807, 2.05) is 66.7 Å². The number of hydrogen-bond acceptors (Lipinski definition) is 4. The Morgan fingerprint density at radius 2 is 1.35 bits per heavy atom. The number of rotatable bonds is 5. The first kappa shape index (κ1) is 25.4. The second-order valence-corrected chi connectivity index (χ2v) is 13.2. The molecule has 0 fully saturated rings. The first-order valence-electron chi connectivity index (χ1n) is 18.0. The van der Waals surface area contributed by atoms with E-state index in [1.165, 1.54) is 22.3 Å². The third-order valence-electron chi connectivity index (χ3n) is 9.50. The Balaban J connectivity index is 1.39. The minimum atomic E-state index is -2.47. The zero-order valence-electron chi connectivity index (χ0n) is 30.2. The van der Waals surface area contributed by atoms with Crippen LogP contribution in [-0.4, -0.2) is 14.5 Å². The summed E-state index contributed by atoms with van der Waals surface area (Å²) in [5.74, 6) is 1.15. The summed E-state index contributed by atoms with van der Waals surface area (Å²) in [6.07, 6.45) is 0. The van der Waals surface area contributed by atoms with Crippen LogP contribution < -0.4 is 0 Å². The van der Waals surface area contributed by atoms with Gasteiger partial charge in [-0.05, 0) is 83.4 Å². The summed E-state index contributed by atoms with van der Waals surface area (Å²) in [6, 6.07) is 36.7. The van der Waals surface area contributed by atoms with E-state index in [2.05, 4.69) is 74.7 Å². The normalized spacial score (nSPS) is 13.4. The molecule has 4 heterocycles. The van der Waals surface area contributed by atoms with Crippen LogP contribution in [0, 0.1) is 6.85 Å². The molecule has 9 aromatic rings. The van der Waals surface area contributed by atoms with Crippen LogP contribution in [0.5, 0.6) is 0 Å². The highest BCUT2D eigenvalue weighted by atomic mass is 16.4. The minimum Gasteiger partial charge on any atom is -0.452 e. The van der Waals surface area contributed by atoms with Gasteiger partial charge in [0.25, 0.3) is 0 Å². The number of hydrogen-bond donors (Lipinski definition) is 0. The zero-order valence-corrected chi connectivity index (χ0v) is 27.2. The first-order chi connectivity index (χ1) is 24.6. The molecule has 0 unspecified atom stereocenters. The van der Waals surface area contributed by atoms with Crippen molar-refractivity contribution in [3.05, 3.63) is 126 Å². The third-order valence-corrected chi connectivity index (χ3v) is 9.50. The van der Waals surface area contributed by atoms with Crippen LogP contribution in [0.2, 0.25) is 0 Å². The minimum absolute atomic E-state index is 0.00283. The fourth-order valence-corrected chi connectivity index (χ4v) is 7.20. The summed E-state index contributed by atoms with van der Waals surface area (Å²) >= 11 is 0. The standard InChI is InChI=1S/C43H35N3O2/c1-24(2)32-22-28(27-14-7-6-8-15-27)23-33(25(3)4)39(32)46-35-20-11-10-19-34(35)45-43(46)31-18-13-17-30-38-42(48-40(30)31)41-37(26(5)44-38)29-16-9-12-21-36(29)47-41/h6-25H,1-5H3/i5D3. The maximum absolute atomic E-state index is 8.43. The van der Waals surface area contributed by atoms with Crippen LogP contribution in [0.3, 0.4) is 0 Å². The van der Waals surface area contributed by atoms with E-state index >= 15 is 0 Å². The molecule has 0 aliphatic heterocycles. The van der Waals surface area contributed by atoms with E-state index in [0.29, 0.717) is 44.0 Å². The molecular weight excluding hydrogens is 590 g/mol. The second kappa shape index (κ2) is 10.7. The van der Waals surface area contributed by atoms with Crippen molar-refractivity contribution >= 4 is 55.0 Å². The van der Waals surface area contributed by atoms with E-state index in [0.717, 1.165) is 28.1 Å². The van der Waals surface area contributed by atoms with Crippen molar-refractivity contribution in [3.63, 3.8) is 0 Å². The Morgan fingerprint density at radius 3 is 2.12 bits per heavy atom. The van der Waals surface area contributed by atoms with Gasteiger partial charge in [0.1, 0.15) is 22.5 Å². The first-order valence-corrected chi connectivity index (χ1v) is 16.5. The maximum atomic E-state index is 8.43. The lowest BCUT2D eigenvalue weighted by Crippen LogP contribution is -2.09. The van der Waals surface area contributed by atoms with Gasteiger partial charge in [0, 0.05) is 14.9 Å². The van der Waals surface area contributed by atoms with Gasteiger partial charge in [0.2, 0.25) is 0 Å². The van der Waals surface area contributed by atoms with Crippen LogP contribution in [0.1, 0.15) is 60.5 Å². The average molecular weight is 629 g/mol. The molecule has 0 radical (unpaired) electrons. The molecule has 0 amide bonds. The molecule has 234 valence electrons. The van der Waals surface area contributed by atoms with Gasteiger partial charge >= 0.3 is 0 Å². The molecule has 48 heavy (non-hydrogen) atoms. The smallest absolute Gasteiger partial charge is 0.197 e. The lowest BCUT2D eigenvalue weighted by atomic mass is 9.88. The van der Waals surface area contributed by atoms with Crippen molar-refractivity contribution in [2.75, 3.05) is 0 Å². The van der Waals surface area contributed by atoms with E-state index in [4.69, 9.17) is 22.9 Å². The number of nitrogens with zero attached hydrogens (tertiary/aromatic N) is 3. The second-order valence-electron chi connectivity index (χ2n) is 13.2. The molecule has 5 heteroatoms. The number of aryl methyl sites for hydroxylation is 1. The van der Waals surface area contributed by atoms with Crippen LogP contribution in [0.4, 0.5) is 0 Å².